The van der Waals surface area contributed by atoms with Crippen LogP contribution < -0.4 is 16.2 Å². The summed E-state index contributed by atoms with van der Waals surface area (Å²) in [7, 11) is 0. The zero-order valence-corrected chi connectivity index (χ0v) is 22.9. The summed E-state index contributed by atoms with van der Waals surface area (Å²) in [6.07, 6.45) is 5.57. The summed E-state index contributed by atoms with van der Waals surface area (Å²) in [6, 6.07) is 8.77. The normalized spacial score (nSPS) is 17.3. The number of hydrogen-bond acceptors (Lipinski definition) is 6. The monoisotopic (exact) mass is 581 g/mol. The fourth-order valence-electron chi connectivity index (χ4n) is 4.92. The number of carbonyl (C=O) groups excluding carboxylic acids is 2. The fraction of sp³-hybridized carbons (Fsp3) is 0.286. The fourth-order valence-corrected chi connectivity index (χ4v) is 5.09. The number of halogens is 3. The zero-order chi connectivity index (χ0) is 29.3. The number of pyridine rings is 1. The highest BCUT2D eigenvalue weighted by Crippen LogP contribution is 2.35. The van der Waals surface area contributed by atoms with Gasteiger partial charge in [0, 0.05) is 41.3 Å². The second kappa shape index (κ2) is 11.6. The predicted molar refractivity (Wildman–Crippen MR) is 150 cm³/mol. The van der Waals surface area contributed by atoms with E-state index in [1.807, 2.05) is 0 Å². The van der Waals surface area contributed by atoms with Crippen molar-refractivity contribution in [1.29, 1.82) is 0 Å². The predicted octanol–water partition coefficient (Wildman–Crippen LogP) is 5.52. The summed E-state index contributed by atoms with van der Waals surface area (Å²) in [6.45, 7) is 0.183. The van der Waals surface area contributed by atoms with Crippen molar-refractivity contribution in [3.05, 3.63) is 76.2 Å². The van der Waals surface area contributed by atoms with Crippen LogP contribution >= 0.6 is 11.6 Å². The van der Waals surface area contributed by atoms with Crippen LogP contribution in [0.5, 0.6) is 0 Å². The average Bonchev–Trinajstić information content (AvgIpc) is 3.35. The van der Waals surface area contributed by atoms with E-state index in [-0.39, 0.29) is 23.2 Å². The Hall–Kier alpha value is -4.45. The molecule has 2 N–H and O–H groups in total. The van der Waals surface area contributed by atoms with E-state index < -0.39 is 24.1 Å². The summed E-state index contributed by atoms with van der Waals surface area (Å²) in [5.74, 6) is -1.03. The van der Waals surface area contributed by atoms with Crippen molar-refractivity contribution in [1.82, 2.24) is 24.3 Å². The Kier molecular flexibility index (Phi) is 7.93. The van der Waals surface area contributed by atoms with Crippen molar-refractivity contribution in [2.45, 2.75) is 45.7 Å². The number of benzene rings is 1. The van der Waals surface area contributed by atoms with E-state index in [2.05, 4.69) is 25.7 Å². The van der Waals surface area contributed by atoms with Gasteiger partial charge >= 0.3 is 6.55 Å². The maximum absolute atomic E-state index is 13.9. The molecule has 3 aromatic heterocycles. The topological polar surface area (TPSA) is 124 Å². The number of nitrogens with zero attached hydrogens (tertiary/aromatic N) is 5. The van der Waals surface area contributed by atoms with Crippen LogP contribution in [0, 0.1) is 5.92 Å². The smallest absolute Gasteiger partial charge is 0.326 e. The number of anilines is 2. The minimum Gasteiger partial charge on any atom is -0.326 e. The molecule has 0 fully saturated rings. The lowest BCUT2D eigenvalue weighted by molar-refractivity contribution is -0.119. The number of rotatable bonds is 4. The molecule has 2 atom stereocenters. The molecule has 1 aliphatic rings. The van der Waals surface area contributed by atoms with Gasteiger partial charge in [0.25, 0.3) is 5.56 Å². The first-order valence-electron chi connectivity index (χ1n) is 12.9. The van der Waals surface area contributed by atoms with Gasteiger partial charge in [-0.3, -0.25) is 23.9 Å². The first-order valence-corrected chi connectivity index (χ1v) is 13.3. The van der Waals surface area contributed by atoms with Crippen LogP contribution in [0.1, 0.15) is 51.4 Å². The van der Waals surface area contributed by atoms with Crippen LogP contribution in [-0.2, 0) is 9.59 Å². The van der Waals surface area contributed by atoms with Crippen molar-refractivity contribution in [3.8, 4) is 22.5 Å². The average molecular weight is 582 g/mol. The van der Waals surface area contributed by atoms with Crippen LogP contribution in [0.15, 0.2) is 59.9 Å². The van der Waals surface area contributed by atoms with Gasteiger partial charge in [-0.05, 0) is 43.2 Å². The molecule has 5 rings (SSSR count). The second-order valence-corrected chi connectivity index (χ2v) is 10.3. The second-order valence-electron chi connectivity index (χ2n) is 9.83. The quantitative estimate of drug-likeness (QED) is 0.327. The largest absolute Gasteiger partial charge is 0.333 e. The van der Waals surface area contributed by atoms with Gasteiger partial charge in [0.15, 0.2) is 0 Å². The Bertz CT molecular complexity index is 1690. The van der Waals surface area contributed by atoms with E-state index in [1.165, 1.54) is 36.3 Å². The number of alkyl halides is 2. The van der Waals surface area contributed by atoms with Gasteiger partial charge in [0.2, 0.25) is 11.8 Å². The highest BCUT2D eigenvalue weighted by molar-refractivity contribution is 6.31. The molecule has 41 heavy (non-hydrogen) atoms. The molecule has 212 valence electrons. The summed E-state index contributed by atoms with van der Waals surface area (Å²) in [5, 5.41) is 9.64. The third-order valence-corrected chi connectivity index (χ3v) is 7.17. The van der Waals surface area contributed by atoms with Gasteiger partial charge in [-0.15, -0.1) is 0 Å². The standard InChI is InChI=1S/C28H26ClF2N7O3/c1-15-4-3-5-24(22-10-17(8-9-32-22)26-23(36-27(15)41)13-34-38(26)28(30)31)37-14-33-21(12-25(37)40)19-11-18(29)6-7-20(19)35-16(2)39/h6-15,24,28H,3-5H2,1-2H3,(H,35,39)(H,36,41)/t15-,24+/m1/s1. The lowest BCUT2D eigenvalue weighted by Crippen LogP contribution is -2.27. The molecular weight excluding hydrogens is 556 g/mol. The van der Waals surface area contributed by atoms with Gasteiger partial charge in [-0.2, -0.15) is 13.9 Å². The minimum atomic E-state index is -2.94. The molecule has 0 saturated carbocycles. The molecule has 4 aromatic rings. The lowest BCUT2D eigenvalue weighted by Gasteiger charge is -2.22. The van der Waals surface area contributed by atoms with Crippen molar-refractivity contribution >= 4 is 34.8 Å². The zero-order valence-electron chi connectivity index (χ0n) is 22.1. The maximum Gasteiger partial charge on any atom is 0.333 e. The van der Waals surface area contributed by atoms with Crippen molar-refractivity contribution < 1.29 is 18.4 Å². The molecule has 10 nitrogen and oxygen atoms in total. The summed E-state index contributed by atoms with van der Waals surface area (Å²) in [4.78, 5) is 47.1. The van der Waals surface area contributed by atoms with Crippen molar-refractivity contribution in [2.75, 3.05) is 10.6 Å². The number of carbonyl (C=O) groups is 2. The molecule has 0 unspecified atom stereocenters. The van der Waals surface area contributed by atoms with Crippen molar-refractivity contribution in [3.63, 3.8) is 0 Å². The van der Waals surface area contributed by atoms with Gasteiger partial charge in [-0.25, -0.2) is 9.67 Å². The molecule has 0 radical (unpaired) electrons. The van der Waals surface area contributed by atoms with E-state index in [9.17, 15) is 23.2 Å². The molecule has 1 aliphatic heterocycles. The SMILES string of the molecule is CC(=O)Nc1ccc(Cl)cc1-c1cc(=O)n([C@H]2CCC[C@@H](C)C(=O)Nc3cnn(C(F)F)c3-c3ccnc2c3)cn1. The van der Waals surface area contributed by atoms with Gasteiger partial charge in [0.1, 0.15) is 0 Å². The van der Waals surface area contributed by atoms with Crippen LogP contribution in [0.4, 0.5) is 20.2 Å². The number of nitrogens with one attached hydrogen (secondary N) is 2. The molecule has 0 aliphatic carbocycles. The van der Waals surface area contributed by atoms with Gasteiger partial charge < -0.3 is 10.6 Å². The third-order valence-electron chi connectivity index (χ3n) is 6.94. The number of fused-ring (bicyclic) bond motifs is 4. The summed E-state index contributed by atoms with van der Waals surface area (Å²) >= 11 is 6.19. The molecule has 13 heteroatoms. The first-order chi connectivity index (χ1) is 19.6. The maximum atomic E-state index is 13.9. The Morgan fingerprint density at radius 2 is 1.95 bits per heavy atom. The van der Waals surface area contributed by atoms with E-state index in [4.69, 9.17) is 11.6 Å². The van der Waals surface area contributed by atoms with Gasteiger partial charge in [0.05, 0.1) is 47.0 Å². The Morgan fingerprint density at radius 1 is 1.15 bits per heavy atom. The first kappa shape index (κ1) is 28.1. The van der Waals surface area contributed by atoms with Gasteiger partial charge in [-0.1, -0.05) is 24.9 Å². The van der Waals surface area contributed by atoms with E-state index in [1.54, 1.807) is 37.3 Å². The highest BCUT2D eigenvalue weighted by atomic mass is 35.5. The Morgan fingerprint density at radius 3 is 2.68 bits per heavy atom. The third kappa shape index (κ3) is 5.87. The van der Waals surface area contributed by atoms with Crippen LogP contribution in [0.3, 0.4) is 0 Å². The molecule has 2 bridgehead atoms. The minimum absolute atomic E-state index is 0.0378. The molecule has 0 saturated heterocycles. The van der Waals surface area contributed by atoms with Crippen molar-refractivity contribution in [2.24, 2.45) is 5.92 Å². The molecule has 2 amide bonds. The van der Waals surface area contributed by atoms with E-state index in [0.29, 0.717) is 57.2 Å². The highest BCUT2D eigenvalue weighted by Gasteiger charge is 2.26. The Labute approximate surface area is 238 Å². The van der Waals surface area contributed by atoms with Crippen LogP contribution in [0.25, 0.3) is 22.5 Å². The molecule has 0 spiro atoms. The van der Waals surface area contributed by atoms with Crippen LogP contribution in [0.2, 0.25) is 5.02 Å². The lowest BCUT2D eigenvalue weighted by atomic mass is 9.97. The molecular formula is C28H26ClF2N7O3. The summed E-state index contributed by atoms with van der Waals surface area (Å²) < 4.78 is 29.7. The number of hydrogen-bond donors (Lipinski definition) is 2. The van der Waals surface area contributed by atoms with Crippen LogP contribution in [-0.4, -0.2) is 36.1 Å². The number of aromatic nitrogens is 5. The summed E-state index contributed by atoms with van der Waals surface area (Å²) in [5.41, 5.74) is 1.87. The van der Waals surface area contributed by atoms with E-state index >= 15 is 0 Å². The van der Waals surface area contributed by atoms with E-state index in [0.717, 1.165) is 0 Å². The number of amides is 2. The Balaban J connectivity index is 1.61. The molecule has 1 aromatic carbocycles. The molecule has 4 heterocycles.